The number of benzene rings is 1. The van der Waals surface area contributed by atoms with Gasteiger partial charge < -0.3 is 21.4 Å². The van der Waals surface area contributed by atoms with E-state index in [2.05, 4.69) is 32.2 Å². The molecule has 0 bridgehead atoms. The van der Waals surface area contributed by atoms with Gasteiger partial charge in [-0.2, -0.15) is 13.2 Å². The van der Waals surface area contributed by atoms with E-state index in [1.165, 1.54) is 24.4 Å². The van der Waals surface area contributed by atoms with Gasteiger partial charge in [0.05, 0.1) is 17.5 Å². The molecule has 1 aromatic carbocycles. The molecule has 3 aromatic rings. The zero-order chi connectivity index (χ0) is 27.1. The SMILES string of the molecule is C=CC(F)(F)F.CNc1cc(F)ccc1C(=N)c1cnc2[nH]cc(C(=O)NC(C)(C)CCCN)c2n1. The molecule has 2 aromatic heterocycles. The van der Waals surface area contributed by atoms with Crippen LogP contribution in [-0.2, 0) is 0 Å². The fraction of sp³-hybridized carbons (Fsp3) is 0.333. The molecule has 0 aliphatic rings. The van der Waals surface area contributed by atoms with Crippen LogP contribution < -0.4 is 16.4 Å². The Morgan fingerprint density at radius 2 is 1.94 bits per heavy atom. The fourth-order valence-corrected chi connectivity index (χ4v) is 3.25. The molecule has 0 unspecified atom stereocenters. The molecule has 8 nitrogen and oxygen atoms in total. The summed E-state index contributed by atoms with van der Waals surface area (Å²) in [5.74, 6) is -0.682. The number of allylic oxidation sites excluding steroid dienone is 1. The number of H-pyrrole nitrogens is 1. The average molecular weight is 508 g/mol. The average Bonchev–Trinajstić information content (AvgIpc) is 3.25. The van der Waals surface area contributed by atoms with Crippen LogP contribution >= 0.6 is 0 Å². The molecular formula is C24H29F4N7O. The smallest absolute Gasteiger partial charge is 0.387 e. The molecule has 3 rings (SSSR count). The maximum atomic E-state index is 13.5. The molecule has 0 saturated carbocycles. The second-order valence-corrected chi connectivity index (χ2v) is 8.45. The quantitative estimate of drug-likeness (QED) is 0.174. The molecule has 0 aliphatic heterocycles. The first-order chi connectivity index (χ1) is 16.8. The van der Waals surface area contributed by atoms with Crippen LogP contribution in [0.3, 0.4) is 0 Å². The van der Waals surface area contributed by atoms with Gasteiger partial charge in [-0.05, 0) is 51.4 Å². The summed E-state index contributed by atoms with van der Waals surface area (Å²) in [5.41, 5.74) is 7.63. The standard InChI is InChI=1S/C21H26FN7O.C3H3F3/c1-21(2,7-4-8-23)29-20(30)14-10-26-19-18(14)28-16(11-27-19)17(24)13-6-5-12(22)9-15(13)25-3;1-2-3(4,5)6/h5-6,9-11,24-25H,4,7-8,23H2,1-3H3,(H,26,27)(H,29,30);2H,1H2. The predicted octanol–water partition coefficient (Wildman–Crippen LogP) is 4.54. The number of nitrogens with two attached hydrogens (primary N) is 1. The summed E-state index contributed by atoms with van der Waals surface area (Å²) in [6, 6.07) is 4.11. The first-order valence-corrected chi connectivity index (χ1v) is 11.0. The number of nitrogens with one attached hydrogen (secondary N) is 4. The van der Waals surface area contributed by atoms with Crippen LogP contribution in [0.5, 0.6) is 0 Å². The minimum absolute atomic E-state index is 0.0625. The summed E-state index contributed by atoms with van der Waals surface area (Å²) in [6.07, 6.45) is 0.303. The molecule has 0 aliphatic carbocycles. The highest BCUT2D eigenvalue weighted by Gasteiger charge is 2.24. The van der Waals surface area contributed by atoms with Crippen molar-refractivity contribution in [3.05, 3.63) is 65.9 Å². The summed E-state index contributed by atoms with van der Waals surface area (Å²) in [7, 11) is 1.65. The minimum atomic E-state index is -4.19. The van der Waals surface area contributed by atoms with Crippen LogP contribution in [0.25, 0.3) is 11.2 Å². The number of rotatable bonds is 8. The van der Waals surface area contributed by atoms with Gasteiger partial charge in [-0.15, -0.1) is 0 Å². The van der Waals surface area contributed by atoms with E-state index in [9.17, 15) is 22.4 Å². The normalized spacial score (nSPS) is 11.4. The van der Waals surface area contributed by atoms with Crippen molar-refractivity contribution in [1.82, 2.24) is 20.3 Å². The number of aromatic nitrogens is 3. The third kappa shape index (κ3) is 7.60. The molecule has 2 heterocycles. The number of nitrogens with zero attached hydrogens (tertiary/aromatic N) is 2. The van der Waals surface area contributed by atoms with Crippen LogP contribution in [0.2, 0.25) is 0 Å². The Hall–Kier alpha value is -3.80. The number of amides is 1. The lowest BCUT2D eigenvalue weighted by atomic mass is 9.98. The number of carbonyl (C=O) groups excluding carboxylic acids is 1. The van der Waals surface area contributed by atoms with Gasteiger partial charge in [0.15, 0.2) is 5.65 Å². The molecule has 0 spiro atoms. The Balaban J connectivity index is 0.000000678. The van der Waals surface area contributed by atoms with E-state index < -0.39 is 17.5 Å². The van der Waals surface area contributed by atoms with E-state index in [0.29, 0.717) is 34.5 Å². The summed E-state index contributed by atoms with van der Waals surface area (Å²) in [6.45, 7) is 6.94. The van der Waals surface area contributed by atoms with Crippen molar-refractivity contribution in [2.75, 3.05) is 18.9 Å². The maximum absolute atomic E-state index is 13.5. The minimum Gasteiger partial charge on any atom is -0.387 e. The first kappa shape index (κ1) is 28.4. The van der Waals surface area contributed by atoms with Gasteiger partial charge in [-0.3, -0.25) is 10.2 Å². The topological polar surface area (TPSA) is 133 Å². The van der Waals surface area contributed by atoms with Gasteiger partial charge in [0.1, 0.15) is 17.0 Å². The highest BCUT2D eigenvalue weighted by Crippen LogP contribution is 2.22. The van der Waals surface area contributed by atoms with Crippen molar-refractivity contribution in [2.45, 2.75) is 38.4 Å². The monoisotopic (exact) mass is 507 g/mol. The Labute approximate surface area is 205 Å². The number of hydrogen-bond acceptors (Lipinski definition) is 6. The largest absolute Gasteiger partial charge is 0.409 e. The predicted molar refractivity (Wildman–Crippen MR) is 132 cm³/mol. The van der Waals surface area contributed by atoms with E-state index in [4.69, 9.17) is 11.1 Å². The molecule has 6 N–H and O–H groups in total. The Morgan fingerprint density at radius 3 is 2.53 bits per heavy atom. The van der Waals surface area contributed by atoms with Crippen LogP contribution in [0.4, 0.5) is 23.2 Å². The van der Waals surface area contributed by atoms with E-state index in [1.807, 2.05) is 13.8 Å². The van der Waals surface area contributed by atoms with Crippen LogP contribution in [0.15, 0.2) is 43.2 Å². The Bertz CT molecular complexity index is 1230. The highest BCUT2D eigenvalue weighted by molar-refractivity contribution is 6.14. The number of halogens is 4. The lowest BCUT2D eigenvalue weighted by molar-refractivity contribution is -0.0795. The van der Waals surface area contributed by atoms with Crippen molar-refractivity contribution in [3.8, 4) is 0 Å². The van der Waals surface area contributed by atoms with Gasteiger partial charge >= 0.3 is 6.18 Å². The van der Waals surface area contributed by atoms with Crippen molar-refractivity contribution in [2.24, 2.45) is 5.73 Å². The van der Waals surface area contributed by atoms with Gasteiger partial charge in [0.25, 0.3) is 5.91 Å². The van der Waals surface area contributed by atoms with E-state index in [1.54, 1.807) is 13.2 Å². The van der Waals surface area contributed by atoms with E-state index in [-0.39, 0.29) is 23.4 Å². The molecule has 0 radical (unpaired) electrons. The number of alkyl halides is 3. The number of hydrogen-bond donors (Lipinski definition) is 5. The molecule has 0 fully saturated rings. The number of anilines is 1. The Morgan fingerprint density at radius 1 is 1.28 bits per heavy atom. The van der Waals surface area contributed by atoms with Crippen molar-refractivity contribution in [3.63, 3.8) is 0 Å². The van der Waals surface area contributed by atoms with Gasteiger partial charge in [-0.1, -0.05) is 6.58 Å². The van der Waals surface area contributed by atoms with Gasteiger partial charge in [0.2, 0.25) is 0 Å². The van der Waals surface area contributed by atoms with Crippen molar-refractivity contribution < 1.29 is 22.4 Å². The van der Waals surface area contributed by atoms with Crippen molar-refractivity contribution >= 4 is 28.5 Å². The van der Waals surface area contributed by atoms with Crippen molar-refractivity contribution in [1.29, 1.82) is 5.41 Å². The summed E-state index contributed by atoms with van der Waals surface area (Å²) in [5, 5.41) is 14.4. The summed E-state index contributed by atoms with van der Waals surface area (Å²) in [4.78, 5) is 24.6. The zero-order valence-electron chi connectivity index (χ0n) is 20.2. The highest BCUT2D eigenvalue weighted by atomic mass is 19.4. The van der Waals surface area contributed by atoms with Gasteiger partial charge in [0, 0.05) is 36.1 Å². The Kier molecular flexibility index (Phi) is 9.29. The van der Waals surface area contributed by atoms with E-state index in [0.717, 1.165) is 12.8 Å². The molecule has 194 valence electrons. The third-order valence-corrected chi connectivity index (χ3v) is 5.09. The lowest BCUT2D eigenvalue weighted by Gasteiger charge is -2.25. The second-order valence-electron chi connectivity index (χ2n) is 8.45. The molecule has 0 atom stereocenters. The van der Waals surface area contributed by atoms with Gasteiger partial charge in [-0.25, -0.2) is 14.4 Å². The first-order valence-electron chi connectivity index (χ1n) is 11.0. The summed E-state index contributed by atoms with van der Waals surface area (Å²) >= 11 is 0. The third-order valence-electron chi connectivity index (χ3n) is 5.09. The maximum Gasteiger partial charge on any atom is 0.409 e. The molecule has 36 heavy (non-hydrogen) atoms. The zero-order valence-corrected chi connectivity index (χ0v) is 20.2. The van der Waals surface area contributed by atoms with Crippen LogP contribution in [0.1, 0.15) is 48.3 Å². The summed E-state index contributed by atoms with van der Waals surface area (Å²) < 4.78 is 45.5. The van der Waals surface area contributed by atoms with E-state index >= 15 is 0 Å². The molecule has 12 heteroatoms. The van der Waals surface area contributed by atoms with Crippen LogP contribution in [0, 0.1) is 11.2 Å². The lowest BCUT2D eigenvalue weighted by Crippen LogP contribution is -2.43. The molecule has 1 amide bonds. The fourth-order valence-electron chi connectivity index (χ4n) is 3.25. The number of carbonyl (C=O) groups is 1. The van der Waals surface area contributed by atoms with Crippen LogP contribution in [-0.4, -0.2) is 51.9 Å². The molecule has 0 saturated heterocycles. The number of fused-ring (bicyclic) bond motifs is 1. The number of aromatic amines is 1. The molecular weight excluding hydrogens is 478 g/mol. The second kappa shape index (κ2) is 11.8.